The van der Waals surface area contributed by atoms with Gasteiger partial charge in [0, 0.05) is 10.2 Å². The number of hydrogen-bond donors (Lipinski definition) is 1. The summed E-state index contributed by atoms with van der Waals surface area (Å²) in [5.41, 5.74) is 1.55. The van der Waals surface area contributed by atoms with Gasteiger partial charge in [0.05, 0.1) is 4.90 Å². The molecule has 0 aliphatic rings. The van der Waals surface area contributed by atoms with Crippen molar-refractivity contribution in [3.8, 4) is 5.75 Å². The molecular weight excluding hydrogens is 402 g/mol. The molecule has 0 amide bonds. The standard InChI is InChI=1S/C19H16BrNO3S/c20-16-7-4-8-19(13-16)25(22,23)21-17-9-11-18(12-10-17)24-14-15-5-2-1-3-6-15/h1-13,21H,14H2. The number of rotatable bonds is 6. The molecule has 1 N–H and O–H groups in total. The van der Waals surface area contributed by atoms with E-state index >= 15 is 0 Å². The SMILES string of the molecule is O=S(=O)(Nc1ccc(OCc2ccccc2)cc1)c1cccc(Br)c1. The van der Waals surface area contributed by atoms with Crippen molar-refractivity contribution in [3.63, 3.8) is 0 Å². The van der Waals surface area contributed by atoms with E-state index < -0.39 is 10.0 Å². The summed E-state index contributed by atoms with van der Waals surface area (Å²) in [4.78, 5) is 0.200. The van der Waals surface area contributed by atoms with Gasteiger partial charge in [-0.05, 0) is 48.0 Å². The summed E-state index contributed by atoms with van der Waals surface area (Å²) in [5.74, 6) is 0.675. The molecular formula is C19H16BrNO3S. The van der Waals surface area contributed by atoms with Crippen LogP contribution in [0.25, 0.3) is 0 Å². The van der Waals surface area contributed by atoms with E-state index in [-0.39, 0.29) is 4.90 Å². The maximum absolute atomic E-state index is 12.4. The average Bonchev–Trinajstić information content (AvgIpc) is 2.62. The van der Waals surface area contributed by atoms with Crippen LogP contribution in [-0.2, 0) is 16.6 Å². The second-order valence-corrected chi connectivity index (χ2v) is 7.96. The van der Waals surface area contributed by atoms with Gasteiger partial charge in [-0.2, -0.15) is 0 Å². The molecule has 0 saturated heterocycles. The van der Waals surface area contributed by atoms with Gasteiger partial charge in [0.1, 0.15) is 12.4 Å². The van der Waals surface area contributed by atoms with Gasteiger partial charge in [-0.1, -0.05) is 52.3 Å². The topological polar surface area (TPSA) is 55.4 Å². The van der Waals surface area contributed by atoms with Crippen molar-refractivity contribution in [2.75, 3.05) is 4.72 Å². The van der Waals surface area contributed by atoms with Gasteiger partial charge >= 0.3 is 0 Å². The summed E-state index contributed by atoms with van der Waals surface area (Å²) < 4.78 is 33.7. The molecule has 0 radical (unpaired) electrons. The lowest BCUT2D eigenvalue weighted by molar-refractivity contribution is 0.306. The Morgan fingerprint density at radius 1 is 0.880 bits per heavy atom. The maximum atomic E-state index is 12.4. The van der Waals surface area contributed by atoms with Gasteiger partial charge in [0.15, 0.2) is 0 Å². The van der Waals surface area contributed by atoms with E-state index in [1.807, 2.05) is 30.3 Å². The number of sulfonamides is 1. The summed E-state index contributed by atoms with van der Waals surface area (Å²) in [6.07, 6.45) is 0. The lowest BCUT2D eigenvalue weighted by Crippen LogP contribution is -2.12. The molecule has 128 valence electrons. The van der Waals surface area contributed by atoms with E-state index in [9.17, 15) is 8.42 Å². The Morgan fingerprint density at radius 2 is 1.60 bits per heavy atom. The second kappa shape index (κ2) is 7.72. The highest BCUT2D eigenvalue weighted by Crippen LogP contribution is 2.22. The number of nitrogens with one attached hydrogen (secondary N) is 1. The molecule has 0 atom stereocenters. The van der Waals surface area contributed by atoms with Crippen molar-refractivity contribution >= 4 is 31.6 Å². The Bertz CT molecular complexity index is 942. The van der Waals surface area contributed by atoms with Crippen molar-refractivity contribution in [2.45, 2.75) is 11.5 Å². The molecule has 0 unspecified atom stereocenters. The van der Waals surface area contributed by atoms with Crippen molar-refractivity contribution in [1.29, 1.82) is 0 Å². The monoisotopic (exact) mass is 417 g/mol. The highest BCUT2D eigenvalue weighted by molar-refractivity contribution is 9.10. The predicted octanol–water partition coefficient (Wildman–Crippen LogP) is 4.83. The van der Waals surface area contributed by atoms with E-state index in [0.29, 0.717) is 22.5 Å². The molecule has 0 bridgehead atoms. The second-order valence-electron chi connectivity index (χ2n) is 5.36. The number of hydrogen-bond acceptors (Lipinski definition) is 3. The van der Waals surface area contributed by atoms with Crippen LogP contribution in [-0.4, -0.2) is 8.42 Å². The van der Waals surface area contributed by atoms with Crippen LogP contribution in [0.5, 0.6) is 5.75 Å². The molecule has 0 fully saturated rings. The Labute approximate surface area is 155 Å². The highest BCUT2D eigenvalue weighted by Gasteiger charge is 2.14. The normalized spacial score (nSPS) is 11.1. The molecule has 3 aromatic carbocycles. The Balaban J connectivity index is 1.66. The minimum Gasteiger partial charge on any atom is -0.489 e. The summed E-state index contributed by atoms with van der Waals surface area (Å²) in [6, 6.07) is 23.2. The molecule has 4 nitrogen and oxygen atoms in total. The van der Waals surface area contributed by atoms with E-state index in [1.54, 1.807) is 48.5 Å². The predicted molar refractivity (Wildman–Crippen MR) is 102 cm³/mol. The number of benzene rings is 3. The van der Waals surface area contributed by atoms with Crippen molar-refractivity contribution in [3.05, 3.63) is 88.9 Å². The third-order valence-corrected chi connectivity index (χ3v) is 5.33. The van der Waals surface area contributed by atoms with Gasteiger partial charge in [0.25, 0.3) is 10.0 Å². The average molecular weight is 418 g/mol. The quantitative estimate of drug-likeness (QED) is 0.624. The van der Waals surface area contributed by atoms with Crippen LogP contribution in [0.1, 0.15) is 5.56 Å². The molecule has 0 spiro atoms. The number of ether oxygens (including phenoxy) is 1. The molecule has 3 rings (SSSR count). The zero-order valence-electron chi connectivity index (χ0n) is 13.2. The molecule has 3 aromatic rings. The van der Waals surface area contributed by atoms with Gasteiger partial charge in [-0.15, -0.1) is 0 Å². The van der Waals surface area contributed by atoms with Crippen LogP contribution >= 0.6 is 15.9 Å². The first-order valence-corrected chi connectivity index (χ1v) is 9.86. The minimum atomic E-state index is -3.62. The van der Waals surface area contributed by atoms with Crippen LogP contribution in [0.3, 0.4) is 0 Å². The molecule has 0 aliphatic heterocycles. The van der Waals surface area contributed by atoms with Crippen molar-refractivity contribution in [2.24, 2.45) is 0 Å². The minimum absolute atomic E-state index is 0.200. The van der Waals surface area contributed by atoms with Gasteiger partial charge in [0.2, 0.25) is 0 Å². The smallest absolute Gasteiger partial charge is 0.261 e. The lowest BCUT2D eigenvalue weighted by atomic mass is 10.2. The first-order valence-electron chi connectivity index (χ1n) is 7.58. The Kier molecular flexibility index (Phi) is 5.40. The molecule has 0 saturated carbocycles. The Morgan fingerprint density at radius 3 is 2.28 bits per heavy atom. The summed E-state index contributed by atoms with van der Waals surface area (Å²) in [7, 11) is -3.62. The fraction of sp³-hybridized carbons (Fsp3) is 0.0526. The maximum Gasteiger partial charge on any atom is 0.261 e. The number of halogens is 1. The molecule has 0 aromatic heterocycles. The summed E-state index contributed by atoms with van der Waals surface area (Å²) in [5, 5.41) is 0. The van der Waals surface area contributed by atoms with Gasteiger partial charge in [-0.3, -0.25) is 4.72 Å². The lowest BCUT2D eigenvalue weighted by Gasteiger charge is -2.10. The Hall–Kier alpha value is -2.31. The van der Waals surface area contributed by atoms with Crippen LogP contribution in [0.2, 0.25) is 0 Å². The van der Waals surface area contributed by atoms with Gasteiger partial charge in [-0.25, -0.2) is 8.42 Å². The first-order chi connectivity index (χ1) is 12.0. The molecule has 0 heterocycles. The fourth-order valence-corrected chi connectivity index (χ4v) is 3.86. The molecule has 0 aliphatic carbocycles. The van der Waals surface area contributed by atoms with Gasteiger partial charge < -0.3 is 4.74 Å². The van der Waals surface area contributed by atoms with Crippen LogP contribution in [0.15, 0.2) is 88.2 Å². The van der Waals surface area contributed by atoms with E-state index in [2.05, 4.69) is 20.7 Å². The van der Waals surface area contributed by atoms with E-state index in [0.717, 1.165) is 5.56 Å². The summed E-state index contributed by atoms with van der Waals surface area (Å²) >= 11 is 3.28. The zero-order valence-corrected chi connectivity index (χ0v) is 15.6. The summed E-state index contributed by atoms with van der Waals surface area (Å²) in [6.45, 7) is 0.462. The third kappa shape index (κ3) is 4.84. The van der Waals surface area contributed by atoms with Crippen LogP contribution < -0.4 is 9.46 Å². The zero-order chi connectivity index (χ0) is 17.7. The molecule has 25 heavy (non-hydrogen) atoms. The van der Waals surface area contributed by atoms with E-state index in [1.165, 1.54) is 0 Å². The first kappa shape index (κ1) is 17.5. The van der Waals surface area contributed by atoms with E-state index in [4.69, 9.17) is 4.74 Å². The van der Waals surface area contributed by atoms with Crippen molar-refractivity contribution < 1.29 is 13.2 Å². The highest BCUT2D eigenvalue weighted by atomic mass is 79.9. The fourth-order valence-electron chi connectivity index (χ4n) is 2.21. The number of anilines is 1. The van der Waals surface area contributed by atoms with Crippen LogP contribution in [0.4, 0.5) is 5.69 Å². The largest absolute Gasteiger partial charge is 0.489 e. The third-order valence-electron chi connectivity index (χ3n) is 3.46. The van der Waals surface area contributed by atoms with Crippen LogP contribution in [0, 0.1) is 0 Å². The van der Waals surface area contributed by atoms with Crippen molar-refractivity contribution in [1.82, 2.24) is 0 Å². The molecule has 6 heteroatoms.